The summed E-state index contributed by atoms with van der Waals surface area (Å²) in [4.78, 5) is 8.48. The average Bonchev–Trinajstić information content (AvgIpc) is 2.70. The lowest BCUT2D eigenvalue weighted by Gasteiger charge is -2.02. The fourth-order valence-corrected chi connectivity index (χ4v) is 2.47. The summed E-state index contributed by atoms with van der Waals surface area (Å²) in [6.45, 7) is 5.15. The van der Waals surface area contributed by atoms with Crippen molar-refractivity contribution in [3.05, 3.63) is 30.0 Å². The molecule has 0 aliphatic rings. The smallest absolute Gasteiger partial charge is 0.221 e. The van der Waals surface area contributed by atoms with Crippen LogP contribution in [0, 0.1) is 0 Å². The van der Waals surface area contributed by atoms with Gasteiger partial charge in [-0.25, -0.2) is 4.98 Å². The maximum Gasteiger partial charge on any atom is 0.221 e. The second-order valence-corrected chi connectivity index (χ2v) is 4.41. The van der Waals surface area contributed by atoms with Crippen LogP contribution in [-0.4, -0.2) is 14.5 Å². The Morgan fingerprint density at radius 3 is 2.78 bits per heavy atom. The fraction of sp³-hybridized carbons (Fsp3) is 0.286. The number of anilines is 1. The second kappa shape index (κ2) is 3.98. The SMILES string of the molecule is CCc1ccc2c(c1)c1cnc(N)nc1n2CC. The maximum absolute atomic E-state index is 5.69. The molecule has 4 nitrogen and oxygen atoms in total. The van der Waals surface area contributed by atoms with Gasteiger partial charge in [0.15, 0.2) is 0 Å². The number of benzene rings is 1. The quantitative estimate of drug-likeness (QED) is 0.749. The van der Waals surface area contributed by atoms with Crippen molar-refractivity contribution in [1.29, 1.82) is 0 Å². The summed E-state index contributed by atoms with van der Waals surface area (Å²) >= 11 is 0. The zero-order valence-corrected chi connectivity index (χ0v) is 10.6. The van der Waals surface area contributed by atoms with Crippen molar-refractivity contribution in [2.75, 3.05) is 5.73 Å². The average molecular weight is 240 g/mol. The number of nitrogen functional groups attached to an aromatic ring is 1. The topological polar surface area (TPSA) is 56.7 Å². The Morgan fingerprint density at radius 2 is 2.06 bits per heavy atom. The molecule has 0 radical (unpaired) electrons. The Bertz CT molecular complexity index is 727. The summed E-state index contributed by atoms with van der Waals surface area (Å²) < 4.78 is 2.18. The summed E-state index contributed by atoms with van der Waals surface area (Å²) in [5.74, 6) is 0.329. The van der Waals surface area contributed by atoms with Crippen molar-refractivity contribution in [1.82, 2.24) is 14.5 Å². The molecule has 0 saturated heterocycles. The van der Waals surface area contributed by atoms with Crippen molar-refractivity contribution in [3.63, 3.8) is 0 Å². The monoisotopic (exact) mass is 240 g/mol. The molecular weight excluding hydrogens is 224 g/mol. The van der Waals surface area contributed by atoms with Crippen LogP contribution in [0.3, 0.4) is 0 Å². The molecule has 0 amide bonds. The van der Waals surface area contributed by atoms with Crippen LogP contribution in [0.4, 0.5) is 5.95 Å². The minimum Gasteiger partial charge on any atom is -0.368 e. The maximum atomic E-state index is 5.69. The van der Waals surface area contributed by atoms with E-state index < -0.39 is 0 Å². The molecule has 1 aromatic carbocycles. The van der Waals surface area contributed by atoms with E-state index in [0.29, 0.717) is 5.95 Å². The standard InChI is InChI=1S/C14H16N4/c1-3-9-5-6-12-10(7-9)11-8-16-14(15)17-13(11)18(12)4-2/h5-8H,3-4H2,1-2H3,(H2,15,16,17). The van der Waals surface area contributed by atoms with E-state index in [1.54, 1.807) is 0 Å². The van der Waals surface area contributed by atoms with Crippen LogP contribution < -0.4 is 5.73 Å². The number of hydrogen-bond acceptors (Lipinski definition) is 3. The number of aromatic nitrogens is 3. The normalized spacial score (nSPS) is 11.4. The van der Waals surface area contributed by atoms with E-state index in [1.165, 1.54) is 16.5 Å². The van der Waals surface area contributed by atoms with Crippen molar-refractivity contribution in [2.24, 2.45) is 0 Å². The molecule has 2 heterocycles. The summed E-state index contributed by atoms with van der Waals surface area (Å²) in [6, 6.07) is 6.56. The van der Waals surface area contributed by atoms with Gasteiger partial charge in [0.1, 0.15) is 5.65 Å². The molecule has 92 valence electrons. The highest BCUT2D eigenvalue weighted by Crippen LogP contribution is 2.28. The largest absolute Gasteiger partial charge is 0.368 e. The van der Waals surface area contributed by atoms with Gasteiger partial charge in [-0.2, -0.15) is 4.98 Å². The Hall–Kier alpha value is -2.10. The predicted octanol–water partition coefficient (Wildman–Crippen LogP) is 2.75. The number of rotatable bonds is 2. The number of fused-ring (bicyclic) bond motifs is 3. The highest BCUT2D eigenvalue weighted by atomic mass is 15.1. The Labute approximate surface area is 105 Å². The first-order chi connectivity index (χ1) is 8.74. The fourth-order valence-electron chi connectivity index (χ4n) is 2.47. The number of aryl methyl sites for hydroxylation is 2. The van der Waals surface area contributed by atoms with E-state index in [0.717, 1.165) is 24.0 Å². The summed E-state index contributed by atoms with van der Waals surface area (Å²) in [5, 5.41) is 2.29. The lowest BCUT2D eigenvalue weighted by atomic mass is 10.1. The third kappa shape index (κ3) is 1.45. The number of nitrogens with two attached hydrogens (primary N) is 1. The van der Waals surface area contributed by atoms with Gasteiger partial charge in [0.05, 0.1) is 5.52 Å². The Kier molecular flexibility index (Phi) is 2.44. The lowest BCUT2D eigenvalue weighted by molar-refractivity contribution is 0.815. The molecule has 0 spiro atoms. The molecule has 0 unspecified atom stereocenters. The highest BCUT2D eigenvalue weighted by molar-refractivity contribution is 6.06. The first-order valence-electron chi connectivity index (χ1n) is 6.28. The zero-order chi connectivity index (χ0) is 12.7. The summed E-state index contributed by atoms with van der Waals surface area (Å²) in [5.41, 5.74) is 9.14. The molecule has 18 heavy (non-hydrogen) atoms. The molecule has 2 N–H and O–H groups in total. The van der Waals surface area contributed by atoms with Gasteiger partial charge in [-0.05, 0) is 31.0 Å². The zero-order valence-electron chi connectivity index (χ0n) is 10.6. The van der Waals surface area contributed by atoms with Gasteiger partial charge in [0.25, 0.3) is 0 Å². The van der Waals surface area contributed by atoms with Gasteiger partial charge >= 0.3 is 0 Å². The molecule has 0 aliphatic carbocycles. The Balaban J connectivity index is 2.48. The van der Waals surface area contributed by atoms with E-state index in [-0.39, 0.29) is 0 Å². The van der Waals surface area contributed by atoms with E-state index in [9.17, 15) is 0 Å². The van der Waals surface area contributed by atoms with E-state index in [1.807, 2.05) is 6.20 Å². The van der Waals surface area contributed by atoms with E-state index in [4.69, 9.17) is 5.73 Å². The highest BCUT2D eigenvalue weighted by Gasteiger charge is 2.11. The van der Waals surface area contributed by atoms with Gasteiger partial charge in [-0.15, -0.1) is 0 Å². The van der Waals surface area contributed by atoms with Gasteiger partial charge in [-0.1, -0.05) is 13.0 Å². The predicted molar refractivity (Wildman–Crippen MR) is 74.5 cm³/mol. The molecule has 4 heteroatoms. The van der Waals surface area contributed by atoms with Crippen molar-refractivity contribution in [2.45, 2.75) is 26.8 Å². The molecule has 3 aromatic rings. The van der Waals surface area contributed by atoms with Gasteiger partial charge in [0, 0.05) is 23.5 Å². The van der Waals surface area contributed by atoms with Crippen LogP contribution >= 0.6 is 0 Å². The van der Waals surface area contributed by atoms with Crippen LogP contribution in [0.2, 0.25) is 0 Å². The Morgan fingerprint density at radius 1 is 1.22 bits per heavy atom. The molecular formula is C14H16N4. The van der Waals surface area contributed by atoms with Gasteiger partial charge in [-0.3, -0.25) is 0 Å². The van der Waals surface area contributed by atoms with Gasteiger partial charge in [0.2, 0.25) is 5.95 Å². The number of hydrogen-bond donors (Lipinski definition) is 1. The first kappa shape index (κ1) is 11.0. The van der Waals surface area contributed by atoms with Crippen LogP contribution in [-0.2, 0) is 13.0 Å². The summed E-state index contributed by atoms with van der Waals surface area (Å²) in [6.07, 6.45) is 2.86. The molecule has 0 fully saturated rings. The molecule has 0 atom stereocenters. The third-order valence-electron chi connectivity index (χ3n) is 3.41. The molecule has 3 rings (SSSR count). The first-order valence-corrected chi connectivity index (χ1v) is 6.28. The summed E-state index contributed by atoms with van der Waals surface area (Å²) in [7, 11) is 0. The van der Waals surface area contributed by atoms with Crippen LogP contribution in [0.1, 0.15) is 19.4 Å². The second-order valence-electron chi connectivity index (χ2n) is 4.41. The van der Waals surface area contributed by atoms with Crippen molar-refractivity contribution in [3.8, 4) is 0 Å². The van der Waals surface area contributed by atoms with E-state index >= 15 is 0 Å². The minimum atomic E-state index is 0.329. The molecule has 0 saturated carbocycles. The van der Waals surface area contributed by atoms with E-state index in [2.05, 4.69) is 46.6 Å². The van der Waals surface area contributed by atoms with Gasteiger partial charge < -0.3 is 10.3 Å². The van der Waals surface area contributed by atoms with Crippen molar-refractivity contribution >= 4 is 27.9 Å². The van der Waals surface area contributed by atoms with Crippen LogP contribution in [0.25, 0.3) is 21.9 Å². The lowest BCUT2D eigenvalue weighted by Crippen LogP contribution is -1.99. The third-order valence-corrected chi connectivity index (χ3v) is 3.41. The molecule has 0 bridgehead atoms. The minimum absolute atomic E-state index is 0.329. The van der Waals surface area contributed by atoms with Crippen LogP contribution in [0.5, 0.6) is 0 Å². The van der Waals surface area contributed by atoms with Crippen LogP contribution in [0.15, 0.2) is 24.4 Å². The molecule has 2 aromatic heterocycles. The molecule has 0 aliphatic heterocycles. The van der Waals surface area contributed by atoms with Crippen molar-refractivity contribution < 1.29 is 0 Å². The number of nitrogens with zero attached hydrogens (tertiary/aromatic N) is 3.